The van der Waals surface area contributed by atoms with Crippen LogP contribution in [0.5, 0.6) is 0 Å². The second-order valence-corrected chi connectivity index (χ2v) is 25.9. The maximum atomic E-state index is 6.78. The lowest BCUT2D eigenvalue weighted by Crippen LogP contribution is -2.88. The Morgan fingerprint density at radius 2 is 0.880 bits per heavy atom. The van der Waals surface area contributed by atoms with Gasteiger partial charge >= 0.3 is 0 Å². The molecular formula is C68H50BN3O2Si. The number of rotatable bonds is 5. The van der Waals surface area contributed by atoms with Crippen LogP contribution >= 0.6 is 0 Å². The van der Waals surface area contributed by atoms with Gasteiger partial charge in [0, 0.05) is 84.6 Å². The summed E-state index contributed by atoms with van der Waals surface area (Å²) >= 11 is 0. The first-order valence-corrected chi connectivity index (χ1v) is 28.8. The Kier molecular flexibility index (Phi) is 8.29. The van der Waals surface area contributed by atoms with Gasteiger partial charge in [0.15, 0.2) is 8.07 Å². The molecule has 2 aromatic heterocycles. The Labute approximate surface area is 437 Å². The highest BCUT2D eigenvalue weighted by molar-refractivity contribution is 7.27. The minimum absolute atomic E-state index is 0.0256. The molecule has 5 nitrogen and oxygen atoms in total. The Morgan fingerprint density at radius 1 is 0.400 bits per heavy atom. The molecule has 356 valence electrons. The number of furan rings is 2. The van der Waals surface area contributed by atoms with E-state index in [4.69, 9.17) is 8.83 Å². The molecule has 7 heteroatoms. The molecule has 4 aliphatic heterocycles. The van der Waals surface area contributed by atoms with Crippen LogP contribution < -0.4 is 51.8 Å². The number of benzene rings is 10. The largest absolute Gasteiger partial charge is 0.456 e. The lowest BCUT2D eigenvalue weighted by Gasteiger charge is -2.53. The van der Waals surface area contributed by atoms with Crippen LogP contribution in [0.2, 0.25) is 0 Å². The molecule has 6 heterocycles. The zero-order valence-electron chi connectivity index (χ0n) is 41.8. The van der Waals surface area contributed by atoms with Crippen LogP contribution in [-0.4, -0.2) is 20.3 Å². The van der Waals surface area contributed by atoms with Gasteiger partial charge in [0.05, 0.1) is 5.54 Å². The summed E-state index contributed by atoms with van der Waals surface area (Å²) in [6, 6.07) is 82.6. The molecule has 1 saturated carbocycles. The topological polar surface area (TPSA) is 36.0 Å². The van der Waals surface area contributed by atoms with Crippen LogP contribution in [0.25, 0.3) is 43.9 Å². The predicted octanol–water partition coefficient (Wildman–Crippen LogP) is 13.0. The van der Waals surface area contributed by atoms with Crippen molar-refractivity contribution in [1.82, 2.24) is 0 Å². The fraction of sp³-hybridized carbons (Fsp3) is 0.118. The summed E-state index contributed by atoms with van der Waals surface area (Å²) in [4.78, 5) is 7.99. The first-order chi connectivity index (χ1) is 36.9. The van der Waals surface area contributed by atoms with E-state index >= 15 is 0 Å². The van der Waals surface area contributed by atoms with E-state index in [0.717, 1.165) is 68.1 Å². The third-order valence-electron chi connectivity index (χ3n) is 18.8. The molecule has 75 heavy (non-hydrogen) atoms. The summed E-state index contributed by atoms with van der Waals surface area (Å²) < 4.78 is 13.6. The van der Waals surface area contributed by atoms with Crippen LogP contribution in [0.15, 0.2) is 227 Å². The van der Waals surface area contributed by atoms with Crippen molar-refractivity contribution in [3.63, 3.8) is 0 Å². The average Bonchev–Trinajstić information content (AvgIpc) is 4.22. The SMILES string of the molecule is CC12CCCCC1(C)N(c1cc3c4c(c1)N(c1ccc5c(c1)oc1ccccc15)c1cccc5c1B4c1c(cccc1[Si]5(c1ccccc1)c1ccccc1)N3c1ccc3c(c1)oc1ccccc13)c1ccccc12. The molecule has 2 atom stereocenters. The van der Waals surface area contributed by atoms with Gasteiger partial charge < -0.3 is 23.5 Å². The zero-order chi connectivity index (χ0) is 49.4. The molecule has 0 spiro atoms. The highest BCUT2D eigenvalue weighted by Gasteiger charge is 2.59. The van der Waals surface area contributed by atoms with E-state index in [-0.39, 0.29) is 17.7 Å². The van der Waals surface area contributed by atoms with E-state index in [1.54, 1.807) is 0 Å². The molecule has 1 fully saturated rings. The zero-order valence-corrected chi connectivity index (χ0v) is 42.8. The van der Waals surface area contributed by atoms with Crippen molar-refractivity contribution in [2.45, 2.75) is 50.5 Å². The molecule has 1 aliphatic carbocycles. The van der Waals surface area contributed by atoms with E-state index < -0.39 is 8.07 Å². The number of fused-ring (bicyclic) bond motifs is 9. The monoisotopic (exact) mass is 979 g/mol. The first kappa shape index (κ1) is 41.9. The molecule has 17 rings (SSSR count). The summed E-state index contributed by atoms with van der Waals surface area (Å²) in [6.07, 6.45) is 4.70. The van der Waals surface area contributed by atoms with Gasteiger partial charge in [-0.05, 0) is 129 Å². The molecule has 10 aromatic carbocycles. The molecule has 0 saturated heterocycles. The Balaban J connectivity index is 1.03. The smallest absolute Gasteiger partial charge is 0.251 e. The average molecular weight is 980 g/mol. The Hall–Kier alpha value is -8.52. The van der Waals surface area contributed by atoms with Gasteiger partial charge in [0.25, 0.3) is 6.71 Å². The van der Waals surface area contributed by atoms with Crippen molar-refractivity contribution in [3.05, 3.63) is 224 Å². The predicted molar refractivity (Wildman–Crippen MR) is 315 cm³/mol. The lowest BCUT2D eigenvalue weighted by atomic mass is 9.33. The normalized spacial score (nSPS) is 19.5. The van der Waals surface area contributed by atoms with Crippen LogP contribution in [0.1, 0.15) is 45.1 Å². The van der Waals surface area contributed by atoms with Crippen molar-refractivity contribution in [3.8, 4) is 0 Å². The van der Waals surface area contributed by atoms with E-state index in [1.165, 1.54) is 89.7 Å². The van der Waals surface area contributed by atoms with E-state index in [0.29, 0.717) is 0 Å². The molecule has 0 amide bonds. The third-order valence-corrected chi connectivity index (χ3v) is 23.7. The molecule has 12 aromatic rings. The highest BCUT2D eigenvalue weighted by atomic mass is 28.3. The fourth-order valence-corrected chi connectivity index (χ4v) is 20.8. The Morgan fingerprint density at radius 3 is 1.45 bits per heavy atom. The summed E-state index contributed by atoms with van der Waals surface area (Å²) in [6.45, 7) is 5.05. The quantitative estimate of drug-likeness (QED) is 0.161. The third kappa shape index (κ3) is 5.24. The van der Waals surface area contributed by atoms with Gasteiger partial charge in [0.2, 0.25) is 0 Å². The van der Waals surface area contributed by atoms with Gasteiger partial charge in [-0.25, -0.2) is 0 Å². The van der Waals surface area contributed by atoms with Crippen molar-refractivity contribution in [2.75, 3.05) is 14.7 Å². The second-order valence-electron chi connectivity index (χ2n) is 22.2. The molecular weight excluding hydrogens is 930 g/mol. The Bertz CT molecular complexity index is 4180. The number of nitrogens with zero attached hydrogens (tertiary/aromatic N) is 3. The van der Waals surface area contributed by atoms with E-state index in [1.807, 2.05) is 0 Å². The number of hydrogen-bond acceptors (Lipinski definition) is 5. The summed E-state index contributed by atoms with van der Waals surface area (Å²) in [5.74, 6) is 0. The number of para-hydroxylation sites is 3. The van der Waals surface area contributed by atoms with Gasteiger partial charge in [-0.1, -0.05) is 159 Å². The van der Waals surface area contributed by atoms with Crippen LogP contribution in [-0.2, 0) is 5.41 Å². The highest BCUT2D eigenvalue weighted by Crippen LogP contribution is 2.62. The van der Waals surface area contributed by atoms with Gasteiger partial charge in [-0.3, -0.25) is 0 Å². The lowest BCUT2D eigenvalue weighted by molar-refractivity contribution is 0.195. The molecule has 0 bridgehead atoms. The van der Waals surface area contributed by atoms with Crippen molar-refractivity contribution >= 4 is 141 Å². The van der Waals surface area contributed by atoms with Gasteiger partial charge in [-0.15, -0.1) is 0 Å². The number of hydrogen-bond donors (Lipinski definition) is 0. The summed E-state index contributed by atoms with van der Waals surface area (Å²) in [7, 11) is -3.06. The molecule has 0 radical (unpaired) electrons. The maximum absolute atomic E-state index is 6.78. The summed E-state index contributed by atoms with van der Waals surface area (Å²) in [5, 5.41) is 10.2. The fourth-order valence-electron chi connectivity index (χ4n) is 15.5. The van der Waals surface area contributed by atoms with Crippen LogP contribution in [0, 0.1) is 0 Å². The van der Waals surface area contributed by atoms with E-state index in [2.05, 4.69) is 247 Å². The minimum Gasteiger partial charge on any atom is -0.456 e. The summed E-state index contributed by atoms with van der Waals surface area (Å²) in [5.41, 5.74) is 18.5. The standard InChI is InChI=1S/C68H50BN3O2Si/c1-67-37-15-16-38-68(67,2)72(53-26-12-11-25-52(53)67)45-39-56-64-57(40-45)71(44-34-36-51-49-24-10-14-30-59(49)74-61(51)42-44)55-28-18-32-63-66(55)69(64)65-54(70(56)43-33-35-50-48-23-9-13-29-58(48)73-60(50)41-43)27-17-31-62(65)75(63,46-19-5-3-6-20-46)47-21-7-4-8-22-47/h3-14,17-36,39-42H,15-16,37-38H2,1-2H3. The van der Waals surface area contributed by atoms with Crippen molar-refractivity contribution < 1.29 is 8.83 Å². The van der Waals surface area contributed by atoms with Crippen molar-refractivity contribution in [1.29, 1.82) is 0 Å². The van der Waals surface area contributed by atoms with Crippen LogP contribution in [0.3, 0.4) is 0 Å². The minimum atomic E-state index is -3.06. The van der Waals surface area contributed by atoms with Crippen LogP contribution in [0.4, 0.5) is 45.5 Å². The molecule has 2 unspecified atom stereocenters. The maximum Gasteiger partial charge on any atom is 0.251 e. The molecule has 5 aliphatic rings. The molecule has 0 N–H and O–H groups in total. The van der Waals surface area contributed by atoms with E-state index in [9.17, 15) is 0 Å². The van der Waals surface area contributed by atoms with Gasteiger partial charge in [0.1, 0.15) is 22.3 Å². The van der Waals surface area contributed by atoms with Crippen molar-refractivity contribution in [2.24, 2.45) is 0 Å². The second kappa shape index (κ2) is 14.8. The number of anilines is 8. The van der Waals surface area contributed by atoms with Gasteiger partial charge in [-0.2, -0.15) is 0 Å². The first-order valence-electron chi connectivity index (χ1n) is 26.8.